The van der Waals surface area contributed by atoms with Gasteiger partial charge in [-0.15, -0.1) is 0 Å². The van der Waals surface area contributed by atoms with Gasteiger partial charge in [-0.3, -0.25) is 0 Å². The lowest BCUT2D eigenvalue weighted by molar-refractivity contribution is -0.00931. The van der Waals surface area contributed by atoms with Gasteiger partial charge in [0.15, 0.2) is 9.84 Å². The summed E-state index contributed by atoms with van der Waals surface area (Å²) in [6.45, 7) is 2.38. The quantitative estimate of drug-likeness (QED) is 0.751. The van der Waals surface area contributed by atoms with E-state index in [4.69, 9.17) is 5.73 Å². The summed E-state index contributed by atoms with van der Waals surface area (Å²) in [4.78, 5) is 0. The molecule has 0 spiro atoms. The molecule has 0 aromatic rings. The zero-order valence-electron chi connectivity index (χ0n) is 10.1. The molecule has 1 aliphatic carbocycles. The van der Waals surface area contributed by atoms with Crippen LogP contribution in [0.3, 0.4) is 0 Å². The van der Waals surface area contributed by atoms with E-state index >= 15 is 0 Å². The molecule has 16 heavy (non-hydrogen) atoms. The summed E-state index contributed by atoms with van der Waals surface area (Å²) >= 11 is 0. The molecule has 3 atom stereocenters. The van der Waals surface area contributed by atoms with Crippen LogP contribution in [-0.2, 0) is 9.84 Å². The summed E-state index contributed by atoms with van der Waals surface area (Å²) in [6.07, 6.45) is 4.82. The van der Waals surface area contributed by atoms with Crippen LogP contribution in [0.15, 0.2) is 0 Å². The largest absolute Gasteiger partial charge is 0.388 e. The fourth-order valence-electron chi connectivity index (χ4n) is 2.95. The second kappa shape index (κ2) is 5.02. The SMILES string of the molecule is CCCC(CN)C1(O)CCCC1S(C)(=O)=O. The Balaban J connectivity index is 2.96. The third-order valence-electron chi connectivity index (χ3n) is 3.75. The predicted molar refractivity (Wildman–Crippen MR) is 64.9 cm³/mol. The number of hydrogen-bond donors (Lipinski definition) is 2. The third-order valence-corrected chi connectivity index (χ3v) is 5.42. The third kappa shape index (κ3) is 2.57. The van der Waals surface area contributed by atoms with Crippen LogP contribution >= 0.6 is 0 Å². The van der Waals surface area contributed by atoms with Crippen molar-refractivity contribution in [3.05, 3.63) is 0 Å². The first-order chi connectivity index (χ1) is 7.36. The Labute approximate surface area is 98.1 Å². The van der Waals surface area contributed by atoms with Gasteiger partial charge in [-0.1, -0.05) is 13.3 Å². The molecule has 1 saturated carbocycles. The van der Waals surface area contributed by atoms with E-state index in [-0.39, 0.29) is 5.92 Å². The van der Waals surface area contributed by atoms with Gasteiger partial charge in [0, 0.05) is 12.2 Å². The Morgan fingerprint density at radius 2 is 2.19 bits per heavy atom. The number of aliphatic hydroxyl groups is 1. The molecule has 1 fully saturated rings. The van der Waals surface area contributed by atoms with E-state index in [9.17, 15) is 13.5 Å². The van der Waals surface area contributed by atoms with E-state index in [0.717, 1.165) is 19.3 Å². The van der Waals surface area contributed by atoms with Gasteiger partial charge in [-0.25, -0.2) is 8.42 Å². The molecule has 0 aromatic heterocycles. The standard InChI is InChI=1S/C11H23NO3S/c1-3-5-9(8-12)11(13)7-4-6-10(11)16(2,14)15/h9-10,13H,3-8,12H2,1-2H3. The van der Waals surface area contributed by atoms with Gasteiger partial charge in [0.05, 0.1) is 10.9 Å². The average Bonchev–Trinajstić information content (AvgIpc) is 2.57. The summed E-state index contributed by atoms with van der Waals surface area (Å²) < 4.78 is 23.3. The lowest BCUT2D eigenvalue weighted by Gasteiger charge is -2.36. The topological polar surface area (TPSA) is 80.4 Å². The highest BCUT2D eigenvalue weighted by Gasteiger charge is 2.50. The Morgan fingerprint density at radius 3 is 2.62 bits per heavy atom. The van der Waals surface area contributed by atoms with Crippen molar-refractivity contribution in [2.45, 2.75) is 49.9 Å². The van der Waals surface area contributed by atoms with E-state index in [1.807, 2.05) is 6.92 Å². The highest BCUT2D eigenvalue weighted by atomic mass is 32.2. The molecule has 0 saturated heterocycles. The molecule has 3 N–H and O–H groups in total. The number of nitrogens with two attached hydrogens (primary N) is 1. The van der Waals surface area contributed by atoms with Crippen molar-refractivity contribution in [2.75, 3.05) is 12.8 Å². The predicted octanol–water partition coefficient (Wildman–Crippen LogP) is 0.690. The maximum atomic E-state index is 11.7. The summed E-state index contributed by atoms with van der Waals surface area (Å²) in [7, 11) is -3.19. The van der Waals surface area contributed by atoms with Crippen molar-refractivity contribution in [3.63, 3.8) is 0 Å². The molecular formula is C11H23NO3S. The van der Waals surface area contributed by atoms with Crippen LogP contribution < -0.4 is 5.73 Å². The van der Waals surface area contributed by atoms with Crippen LogP contribution in [-0.4, -0.2) is 37.2 Å². The maximum Gasteiger partial charge on any atom is 0.153 e. The van der Waals surface area contributed by atoms with Crippen LogP contribution in [0.1, 0.15) is 39.0 Å². The Kier molecular flexibility index (Phi) is 4.37. The summed E-state index contributed by atoms with van der Waals surface area (Å²) in [5.74, 6) is -0.0975. The minimum Gasteiger partial charge on any atom is -0.388 e. The van der Waals surface area contributed by atoms with Crippen molar-refractivity contribution in [2.24, 2.45) is 11.7 Å². The van der Waals surface area contributed by atoms with E-state index < -0.39 is 20.7 Å². The first kappa shape index (κ1) is 13.9. The van der Waals surface area contributed by atoms with Gasteiger partial charge in [0.2, 0.25) is 0 Å². The fraction of sp³-hybridized carbons (Fsp3) is 1.00. The van der Waals surface area contributed by atoms with Gasteiger partial charge >= 0.3 is 0 Å². The van der Waals surface area contributed by atoms with E-state index in [2.05, 4.69) is 0 Å². The fourth-order valence-corrected chi connectivity index (χ4v) is 4.60. The van der Waals surface area contributed by atoms with Crippen molar-refractivity contribution in [3.8, 4) is 0 Å². The molecule has 4 nitrogen and oxygen atoms in total. The summed E-state index contributed by atoms with van der Waals surface area (Å²) in [5.41, 5.74) is 4.58. The number of sulfone groups is 1. The molecule has 0 aliphatic heterocycles. The van der Waals surface area contributed by atoms with Crippen molar-refractivity contribution < 1.29 is 13.5 Å². The molecule has 1 aliphatic rings. The van der Waals surface area contributed by atoms with Gasteiger partial charge in [0.1, 0.15) is 0 Å². The lowest BCUT2D eigenvalue weighted by atomic mass is 9.82. The van der Waals surface area contributed by atoms with Gasteiger partial charge in [-0.2, -0.15) is 0 Å². The first-order valence-electron chi connectivity index (χ1n) is 5.97. The van der Waals surface area contributed by atoms with Crippen molar-refractivity contribution >= 4 is 9.84 Å². The maximum absolute atomic E-state index is 11.7. The number of hydrogen-bond acceptors (Lipinski definition) is 4. The van der Waals surface area contributed by atoms with Crippen LogP contribution in [0.5, 0.6) is 0 Å². The van der Waals surface area contributed by atoms with E-state index in [0.29, 0.717) is 19.4 Å². The smallest absolute Gasteiger partial charge is 0.153 e. The zero-order valence-corrected chi connectivity index (χ0v) is 11.0. The normalized spacial score (nSPS) is 32.9. The van der Waals surface area contributed by atoms with Crippen LogP contribution in [0.25, 0.3) is 0 Å². The number of rotatable bonds is 5. The van der Waals surface area contributed by atoms with Gasteiger partial charge in [-0.05, 0) is 32.2 Å². The second-order valence-corrected chi connectivity index (χ2v) is 7.15. The van der Waals surface area contributed by atoms with Crippen LogP contribution in [0.2, 0.25) is 0 Å². The van der Waals surface area contributed by atoms with Crippen molar-refractivity contribution in [1.29, 1.82) is 0 Å². The van der Waals surface area contributed by atoms with Crippen LogP contribution in [0, 0.1) is 5.92 Å². The molecule has 3 unspecified atom stereocenters. The molecule has 5 heteroatoms. The van der Waals surface area contributed by atoms with Gasteiger partial charge < -0.3 is 10.8 Å². The Morgan fingerprint density at radius 1 is 1.56 bits per heavy atom. The summed E-state index contributed by atoms with van der Waals surface area (Å²) in [6, 6.07) is 0. The highest BCUT2D eigenvalue weighted by molar-refractivity contribution is 7.91. The molecule has 1 rings (SSSR count). The first-order valence-corrected chi connectivity index (χ1v) is 7.93. The van der Waals surface area contributed by atoms with Crippen molar-refractivity contribution in [1.82, 2.24) is 0 Å². The Hall–Kier alpha value is -0.130. The minimum atomic E-state index is -3.19. The van der Waals surface area contributed by atoms with E-state index in [1.165, 1.54) is 6.26 Å². The molecule has 0 bridgehead atoms. The van der Waals surface area contributed by atoms with Gasteiger partial charge in [0.25, 0.3) is 0 Å². The van der Waals surface area contributed by atoms with Crippen LogP contribution in [0.4, 0.5) is 0 Å². The molecule has 0 radical (unpaired) electrons. The Bertz CT molecular complexity index is 328. The summed E-state index contributed by atoms with van der Waals surface area (Å²) in [5, 5.41) is 9.99. The zero-order chi connectivity index (χ0) is 12.4. The highest BCUT2D eigenvalue weighted by Crippen LogP contribution is 2.41. The monoisotopic (exact) mass is 249 g/mol. The minimum absolute atomic E-state index is 0.0975. The molecule has 0 heterocycles. The average molecular weight is 249 g/mol. The molecule has 0 aromatic carbocycles. The molecule has 96 valence electrons. The molecular weight excluding hydrogens is 226 g/mol. The lowest BCUT2D eigenvalue weighted by Crippen LogP contribution is -2.50. The second-order valence-electron chi connectivity index (χ2n) is 4.92. The van der Waals surface area contributed by atoms with E-state index in [1.54, 1.807) is 0 Å². The molecule has 0 amide bonds.